The summed E-state index contributed by atoms with van der Waals surface area (Å²) in [4.78, 5) is 12.6. The predicted octanol–water partition coefficient (Wildman–Crippen LogP) is 4.08. The molecule has 1 aliphatic rings. The van der Waals surface area contributed by atoms with Gasteiger partial charge in [0.2, 0.25) is 0 Å². The first-order valence-electron chi connectivity index (χ1n) is 8.40. The number of nitrogens with one attached hydrogen (secondary N) is 2. The third-order valence-electron chi connectivity index (χ3n) is 4.99. The zero-order chi connectivity index (χ0) is 17.0. The number of hydrogen-bond donors (Lipinski definition) is 2. The molecule has 0 unspecified atom stereocenters. The monoisotopic (exact) mass is 333 g/mol. The highest BCUT2D eigenvalue weighted by Gasteiger charge is 2.22. The molecule has 0 aliphatic carbocycles. The Bertz CT molecular complexity index is 1170. The van der Waals surface area contributed by atoms with Crippen molar-refractivity contribution in [3.8, 4) is 22.4 Å². The first kappa shape index (κ1) is 14.3. The maximum Gasteiger partial charge on any atom is 0.272 e. The van der Waals surface area contributed by atoms with Crippen LogP contribution in [0.2, 0.25) is 0 Å². The molecule has 4 nitrogen and oxygen atoms in total. The molecule has 0 bridgehead atoms. The van der Waals surface area contributed by atoms with Gasteiger partial charge in [0.15, 0.2) is 0 Å². The minimum absolute atomic E-state index is 0.192. The van der Waals surface area contributed by atoms with E-state index in [1.54, 1.807) is 12.1 Å². The lowest BCUT2D eigenvalue weighted by atomic mass is 9.98. The van der Waals surface area contributed by atoms with Crippen molar-refractivity contribution in [2.24, 2.45) is 0 Å². The number of H-pyrrole nitrogens is 2. The molecule has 2 N–H and O–H groups in total. The van der Waals surface area contributed by atoms with Gasteiger partial charge in [-0.15, -0.1) is 0 Å². The average Bonchev–Trinajstić information content (AvgIpc) is 3.17. The first-order valence-corrected chi connectivity index (χ1v) is 8.40. The number of aromatic amines is 2. The SMILES string of the molecule is O=c1[nH][nH]c(-c2cccc(F)c2)c1-c1cn2c3c(cccc13)CCC2. The van der Waals surface area contributed by atoms with Crippen molar-refractivity contribution in [3.05, 3.63) is 70.4 Å². The molecule has 0 atom stereocenters. The summed E-state index contributed by atoms with van der Waals surface area (Å²) in [7, 11) is 0. The quantitative estimate of drug-likeness (QED) is 0.571. The molecule has 0 radical (unpaired) electrons. The van der Waals surface area contributed by atoms with Crippen molar-refractivity contribution < 1.29 is 4.39 Å². The van der Waals surface area contributed by atoms with Gasteiger partial charge in [-0.2, -0.15) is 0 Å². The molecule has 0 amide bonds. The summed E-state index contributed by atoms with van der Waals surface area (Å²) in [5, 5.41) is 6.66. The maximum atomic E-state index is 13.7. The summed E-state index contributed by atoms with van der Waals surface area (Å²) >= 11 is 0. The summed E-state index contributed by atoms with van der Waals surface area (Å²) in [6, 6.07) is 12.5. The van der Waals surface area contributed by atoms with Crippen LogP contribution in [0.4, 0.5) is 4.39 Å². The second-order valence-electron chi connectivity index (χ2n) is 6.49. The van der Waals surface area contributed by atoms with Gasteiger partial charge in [0.25, 0.3) is 5.56 Å². The third kappa shape index (κ3) is 2.09. The number of para-hydroxylation sites is 1. The standard InChI is InChI=1S/C20H16FN3O/c21-14-7-1-5-13(10-14)18-17(20(25)23-22-18)16-11-24-9-3-6-12-4-2-8-15(16)19(12)24/h1-2,4-5,7-8,10-11H,3,6,9H2,(H2,22,23,25). The minimum atomic E-state index is -0.326. The van der Waals surface area contributed by atoms with Gasteiger partial charge in [0.05, 0.1) is 16.8 Å². The van der Waals surface area contributed by atoms with Crippen molar-refractivity contribution in [2.45, 2.75) is 19.4 Å². The summed E-state index contributed by atoms with van der Waals surface area (Å²) in [6.07, 6.45) is 4.20. The summed E-state index contributed by atoms with van der Waals surface area (Å²) in [5.41, 5.74) is 5.05. The van der Waals surface area contributed by atoms with E-state index in [-0.39, 0.29) is 11.4 Å². The van der Waals surface area contributed by atoms with Crippen LogP contribution in [0.3, 0.4) is 0 Å². The largest absolute Gasteiger partial charge is 0.347 e. The van der Waals surface area contributed by atoms with E-state index in [0.29, 0.717) is 16.8 Å². The summed E-state index contributed by atoms with van der Waals surface area (Å²) < 4.78 is 15.9. The van der Waals surface area contributed by atoms with E-state index in [0.717, 1.165) is 30.3 Å². The molecule has 124 valence electrons. The smallest absolute Gasteiger partial charge is 0.272 e. The number of benzene rings is 2. The Labute approximate surface area is 142 Å². The van der Waals surface area contributed by atoms with Crippen LogP contribution in [-0.4, -0.2) is 14.8 Å². The van der Waals surface area contributed by atoms with Gasteiger partial charge < -0.3 is 4.57 Å². The molecule has 3 heterocycles. The van der Waals surface area contributed by atoms with Crippen molar-refractivity contribution in [2.75, 3.05) is 0 Å². The highest BCUT2D eigenvalue weighted by molar-refractivity contribution is 6.00. The highest BCUT2D eigenvalue weighted by Crippen LogP contribution is 2.37. The van der Waals surface area contributed by atoms with Crippen molar-refractivity contribution >= 4 is 10.9 Å². The first-order chi connectivity index (χ1) is 12.2. The molecule has 0 saturated heterocycles. The van der Waals surface area contributed by atoms with Gasteiger partial charge >= 0.3 is 0 Å². The van der Waals surface area contributed by atoms with Gasteiger partial charge in [0, 0.05) is 29.3 Å². The topological polar surface area (TPSA) is 53.6 Å². The molecule has 25 heavy (non-hydrogen) atoms. The Balaban J connectivity index is 1.82. The van der Waals surface area contributed by atoms with Gasteiger partial charge in [-0.1, -0.05) is 30.3 Å². The Hall–Kier alpha value is -3.08. The van der Waals surface area contributed by atoms with E-state index in [2.05, 4.69) is 33.1 Å². The molecule has 0 saturated carbocycles. The normalized spacial score (nSPS) is 13.5. The second kappa shape index (κ2) is 5.21. The molecule has 1 aliphatic heterocycles. The Morgan fingerprint density at radius 1 is 1.08 bits per heavy atom. The molecule has 0 fully saturated rings. The van der Waals surface area contributed by atoms with E-state index in [1.807, 2.05) is 6.07 Å². The number of aryl methyl sites for hydroxylation is 2. The number of aromatic nitrogens is 3. The van der Waals surface area contributed by atoms with Gasteiger partial charge in [-0.3, -0.25) is 15.0 Å². The van der Waals surface area contributed by atoms with Crippen molar-refractivity contribution in [1.82, 2.24) is 14.8 Å². The van der Waals surface area contributed by atoms with Crippen LogP contribution >= 0.6 is 0 Å². The van der Waals surface area contributed by atoms with Crippen LogP contribution in [0.1, 0.15) is 12.0 Å². The third-order valence-corrected chi connectivity index (χ3v) is 4.99. The van der Waals surface area contributed by atoms with E-state index in [1.165, 1.54) is 23.2 Å². The van der Waals surface area contributed by atoms with E-state index in [4.69, 9.17) is 0 Å². The zero-order valence-electron chi connectivity index (χ0n) is 13.5. The minimum Gasteiger partial charge on any atom is -0.347 e. The van der Waals surface area contributed by atoms with Crippen LogP contribution < -0.4 is 5.56 Å². The summed E-state index contributed by atoms with van der Waals surface area (Å²) in [5.74, 6) is -0.326. The number of hydrogen-bond acceptors (Lipinski definition) is 1. The average molecular weight is 333 g/mol. The Kier molecular flexibility index (Phi) is 2.98. The highest BCUT2D eigenvalue weighted by atomic mass is 19.1. The van der Waals surface area contributed by atoms with Crippen LogP contribution in [0.15, 0.2) is 53.5 Å². The van der Waals surface area contributed by atoms with Crippen LogP contribution in [-0.2, 0) is 13.0 Å². The molecular weight excluding hydrogens is 317 g/mol. The lowest BCUT2D eigenvalue weighted by Gasteiger charge is -2.14. The molecule has 5 heteroatoms. The fourth-order valence-electron chi connectivity index (χ4n) is 3.93. The molecule has 5 rings (SSSR count). The molecule has 2 aromatic carbocycles. The van der Waals surface area contributed by atoms with Crippen LogP contribution in [0.5, 0.6) is 0 Å². The maximum absolute atomic E-state index is 13.7. The molecular formula is C20H16FN3O. The molecule has 2 aromatic heterocycles. The summed E-state index contributed by atoms with van der Waals surface area (Å²) in [6.45, 7) is 0.950. The van der Waals surface area contributed by atoms with Gasteiger partial charge in [-0.25, -0.2) is 4.39 Å². The number of rotatable bonds is 2. The lowest BCUT2D eigenvalue weighted by Crippen LogP contribution is -2.05. The van der Waals surface area contributed by atoms with Crippen LogP contribution in [0.25, 0.3) is 33.3 Å². The van der Waals surface area contributed by atoms with Crippen LogP contribution in [0, 0.1) is 5.82 Å². The Morgan fingerprint density at radius 3 is 2.84 bits per heavy atom. The van der Waals surface area contributed by atoms with Gasteiger partial charge in [-0.05, 0) is 30.5 Å². The fraction of sp³-hybridized carbons (Fsp3) is 0.150. The number of halogens is 1. The molecule has 0 spiro atoms. The lowest BCUT2D eigenvalue weighted by molar-refractivity contribution is 0.628. The second-order valence-corrected chi connectivity index (χ2v) is 6.49. The predicted molar refractivity (Wildman–Crippen MR) is 96.1 cm³/mol. The molecule has 4 aromatic rings. The van der Waals surface area contributed by atoms with Crippen molar-refractivity contribution in [3.63, 3.8) is 0 Å². The van der Waals surface area contributed by atoms with E-state index >= 15 is 0 Å². The van der Waals surface area contributed by atoms with E-state index < -0.39 is 0 Å². The number of nitrogens with zero attached hydrogens (tertiary/aromatic N) is 1. The van der Waals surface area contributed by atoms with Crippen molar-refractivity contribution in [1.29, 1.82) is 0 Å². The zero-order valence-corrected chi connectivity index (χ0v) is 13.5. The van der Waals surface area contributed by atoms with Gasteiger partial charge in [0.1, 0.15) is 5.82 Å². The fourth-order valence-corrected chi connectivity index (χ4v) is 3.93. The van der Waals surface area contributed by atoms with E-state index in [9.17, 15) is 9.18 Å². The Morgan fingerprint density at radius 2 is 1.96 bits per heavy atom.